The summed E-state index contributed by atoms with van der Waals surface area (Å²) in [6.45, 7) is 5.96. The molecule has 19 heavy (non-hydrogen) atoms. The maximum atomic E-state index is 12.3. The van der Waals surface area contributed by atoms with E-state index < -0.39 is 0 Å². The lowest BCUT2D eigenvalue weighted by Gasteiger charge is -2.32. The highest BCUT2D eigenvalue weighted by molar-refractivity contribution is 5.95. The van der Waals surface area contributed by atoms with Crippen LogP contribution in [-0.4, -0.2) is 19.0 Å². The molecular weight excluding hydrogens is 260 g/mol. The number of carbonyl (C=O) groups excluding carboxylic acids is 1. The van der Waals surface area contributed by atoms with Gasteiger partial charge in [-0.1, -0.05) is 19.1 Å². The van der Waals surface area contributed by atoms with E-state index in [9.17, 15) is 4.79 Å². The first kappa shape index (κ1) is 16.0. The van der Waals surface area contributed by atoms with Crippen molar-refractivity contribution < 1.29 is 4.79 Å². The molecule has 0 saturated carbocycles. The largest absolute Gasteiger partial charge is 0.326 e. The molecule has 106 valence electrons. The van der Waals surface area contributed by atoms with Crippen LogP contribution in [-0.2, 0) is 11.2 Å². The molecule has 0 bridgehead atoms. The van der Waals surface area contributed by atoms with Gasteiger partial charge in [0.25, 0.3) is 0 Å². The SMILES string of the molecule is CCc1ccc(NC(=O)C2(C)CCCNC2)cc1.Cl. The second-order valence-corrected chi connectivity index (χ2v) is 5.35. The Hall–Kier alpha value is -1.06. The van der Waals surface area contributed by atoms with Gasteiger partial charge < -0.3 is 10.6 Å². The molecule has 1 aromatic rings. The molecule has 1 aromatic carbocycles. The number of halogens is 1. The predicted molar refractivity (Wildman–Crippen MR) is 81.9 cm³/mol. The molecule has 1 aliphatic rings. The summed E-state index contributed by atoms with van der Waals surface area (Å²) in [6, 6.07) is 8.10. The molecular formula is C15H23ClN2O. The number of hydrogen-bond donors (Lipinski definition) is 2. The third kappa shape index (κ3) is 3.95. The Morgan fingerprint density at radius 2 is 2.05 bits per heavy atom. The molecule has 0 aliphatic carbocycles. The first-order valence-corrected chi connectivity index (χ1v) is 6.75. The highest BCUT2D eigenvalue weighted by atomic mass is 35.5. The number of hydrogen-bond acceptors (Lipinski definition) is 2. The van der Waals surface area contributed by atoms with Gasteiger partial charge >= 0.3 is 0 Å². The summed E-state index contributed by atoms with van der Waals surface area (Å²) in [5, 5.41) is 6.32. The Bertz CT molecular complexity index is 411. The van der Waals surface area contributed by atoms with E-state index in [1.165, 1.54) is 5.56 Å². The highest BCUT2D eigenvalue weighted by Gasteiger charge is 2.34. The molecule has 4 heteroatoms. The van der Waals surface area contributed by atoms with Crippen LogP contribution in [0.15, 0.2) is 24.3 Å². The zero-order valence-electron chi connectivity index (χ0n) is 11.7. The van der Waals surface area contributed by atoms with Crippen LogP contribution in [0.4, 0.5) is 5.69 Å². The van der Waals surface area contributed by atoms with Crippen molar-refractivity contribution in [3.05, 3.63) is 29.8 Å². The van der Waals surface area contributed by atoms with Crippen molar-refractivity contribution in [2.45, 2.75) is 33.1 Å². The third-order valence-electron chi connectivity index (χ3n) is 3.77. The Morgan fingerprint density at radius 3 is 2.58 bits per heavy atom. The van der Waals surface area contributed by atoms with E-state index in [0.717, 1.165) is 38.0 Å². The van der Waals surface area contributed by atoms with E-state index in [-0.39, 0.29) is 23.7 Å². The standard InChI is InChI=1S/C15H22N2O.ClH/c1-3-12-5-7-13(8-6-12)17-14(18)15(2)9-4-10-16-11-15;/h5-8,16H,3-4,9-11H2,1-2H3,(H,17,18);1H. The topological polar surface area (TPSA) is 41.1 Å². The minimum Gasteiger partial charge on any atom is -0.326 e. The lowest BCUT2D eigenvalue weighted by Crippen LogP contribution is -2.46. The van der Waals surface area contributed by atoms with Crippen molar-refractivity contribution in [3.8, 4) is 0 Å². The van der Waals surface area contributed by atoms with Crippen LogP contribution in [0.2, 0.25) is 0 Å². The minimum absolute atomic E-state index is 0. The molecule has 1 saturated heterocycles. The van der Waals surface area contributed by atoms with Crippen molar-refractivity contribution in [2.24, 2.45) is 5.41 Å². The molecule has 0 aromatic heterocycles. The van der Waals surface area contributed by atoms with E-state index in [1.807, 2.05) is 19.1 Å². The fourth-order valence-electron chi connectivity index (χ4n) is 2.36. The Morgan fingerprint density at radius 1 is 1.37 bits per heavy atom. The summed E-state index contributed by atoms with van der Waals surface area (Å²) < 4.78 is 0. The van der Waals surface area contributed by atoms with Gasteiger partial charge in [-0.3, -0.25) is 4.79 Å². The maximum absolute atomic E-state index is 12.3. The van der Waals surface area contributed by atoms with Crippen LogP contribution in [0, 0.1) is 5.41 Å². The molecule has 2 N–H and O–H groups in total. The predicted octanol–water partition coefficient (Wildman–Crippen LogP) is 3.00. The average Bonchev–Trinajstić information content (AvgIpc) is 2.40. The zero-order chi connectivity index (χ0) is 13.0. The van der Waals surface area contributed by atoms with Gasteiger partial charge in [-0.25, -0.2) is 0 Å². The molecule has 1 fully saturated rings. The van der Waals surface area contributed by atoms with Gasteiger partial charge in [0.05, 0.1) is 5.41 Å². The number of nitrogens with one attached hydrogen (secondary N) is 2. The van der Waals surface area contributed by atoms with Crippen molar-refractivity contribution >= 4 is 24.0 Å². The summed E-state index contributed by atoms with van der Waals surface area (Å²) in [4.78, 5) is 12.3. The molecule has 1 amide bonds. The number of rotatable bonds is 3. The van der Waals surface area contributed by atoms with Gasteiger partial charge in [0.1, 0.15) is 0 Å². The summed E-state index contributed by atoms with van der Waals surface area (Å²) in [7, 11) is 0. The second-order valence-electron chi connectivity index (χ2n) is 5.35. The Kier molecular flexibility index (Phi) is 5.83. The monoisotopic (exact) mass is 282 g/mol. The van der Waals surface area contributed by atoms with Gasteiger partial charge in [-0.15, -0.1) is 12.4 Å². The fourth-order valence-corrected chi connectivity index (χ4v) is 2.36. The highest BCUT2D eigenvalue weighted by Crippen LogP contribution is 2.27. The first-order valence-electron chi connectivity index (χ1n) is 6.75. The van der Waals surface area contributed by atoms with Gasteiger partial charge in [0.2, 0.25) is 5.91 Å². The lowest BCUT2D eigenvalue weighted by atomic mass is 9.82. The summed E-state index contributed by atoms with van der Waals surface area (Å²) in [5.74, 6) is 0.124. The summed E-state index contributed by atoms with van der Waals surface area (Å²) in [6.07, 6.45) is 3.05. The van der Waals surface area contributed by atoms with Crippen LogP contribution in [0.3, 0.4) is 0 Å². The molecule has 0 spiro atoms. The smallest absolute Gasteiger partial charge is 0.231 e. The number of piperidine rings is 1. The number of carbonyl (C=O) groups is 1. The van der Waals surface area contributed by atoms with E-state index in [0.29, 0.717) is 0 Å². The van der Waals surface area contributed by atoms with E-state index >= 15 is 0 Å². The van der Waals surface area contributed by atoms with Crippen molar-refractivity contribution in [2.75, 3.05) is 18.4 Å². The third-order valence-corrected chi connectivity index (χ3v) is 3.77. The number of benzene rings is 1. The van der Waals surface area contributed by atoms with E-state index in [4.69, 9.17) is 0 Å². The van der Waals surface area contributed by atoms with Crippen LogP contribution in [0.5, 0.6) is 0 Å². The zero-order valence-corrected chi connectivity index (χ0v) is 12.5. The van der Waals surface area contributed by atoms with Gasteiger partial charge in [-0.2, -0.15) is 0 Å². The molecule has 1 atom stereocenters. The van der Waals surface area contributed by atoms with Crippen LogP contribution >= 0.6 is 12.4 Å². The van der Waals surface area contributed by atoms with E-state index in [2.05, 4.69) is 29.7 Å². The van der Waals surface area contributed by atoms with E-state index in [1.54, 1.807) is 0 Å². The Balaban J connectivity index is 0.00000180. The molecule has 1 aliphatic heterocycles. The molecule has 1 heterocycles. The summed E-state index contributed by atoms with van der Waals surface area (Å²) >= 11 is 0. The average molecular weight is 283 g/mol. The van der Waals surface area contributed by atoms with Crippen molar-refractivity contribution in [1.29, 1.82) is 0 Å². The van der Waals surface area contributed by atoms with Gasteiger partial charge in [0, 0.05) is 12.2 Å². The first-order chi connectivity index (χ1) is 8.64. The normalized spacial score (nSPS) is 22.4. The van der Waals surface area contributed by atoms with Gasteiger partial charge in [0.15, 0.2) is 0 Å². The Labute approximate surface area is 121 Å². The molecule has 0 radical (unpaired) electrons. The molecule has 3 nitrogen and oxygen atoms in total. The molecule has 1 unspecified atom stereocenters. The van der Waals surface area contributed by atoms with Crippen molar-refractivity contribution in [1.82, 2.24) is 5.32 Å². The van der Waals surface area contributed by atoms with Crippen LogP contribution in [0.1, 0.15) is 32.3 Å². The lowest BCUT2D eigenvalue weighted by molar-refractivity contribution is -0.125. The van der Waals surface area contributed by atoms with Gasteiger partial charge in [-0.05, 0) is 50.4 Å². The second kappa shape index (κ2) is 6.92. The maximum Gasteiger partial charge on any atom is 0.231 e. The fraction of sp³-hybridized carbons (Fsp3) is 0.533. The van der Waals surface area contributed by atoms with Crippen LogP contribution < -0.4 is 10.6 Å². The van der Waals surface area contributed by atoms with Crippen LogP contribution in [0.25, 0.3) is 0 Å². The quantitative estimate of drug-likeness (QED) is 0.895. The van der Waals surface area contributed by atoms with Crippen molar-refractivity contribution in [3.63, 3.8) is 0 Å². The number of anilines is 1. The minimum atomic E-state index is -0.276. The number of amides is 1. The number of aryl methyl sites for hydroxylation is 1. The molecule has 2 rings (SSSR count). The summed E-state index contributed by atoms with van der Waals surface area (Å²) in [5.41, 5.74) is 1.91.